The van der Waals surface area contributed by atoms with Crippen LogP contribution in [-0.2, 0) is 0 Å². The summed E-state index contributed by atoms with van der Waals surface area (Å²) in [5.74, 6) is 0.787. The van der Waals surface area contributed by atoms with Crippen LogP contribution in [0.3, 0.4) is 0 Å². The average molecular weight is 286 g/mol. The van der Waals surface area contributed by atoms with Gasteiger partial charge in [0.05, 0.1) is 11.1 Å². The lowest BCUT2D eigenvalue weighted by Gasteiger charge is -2.03. The first-order valence-electron chi connectivity index (χ1n) is 6.73. The third kappa shape index (κ3) is 2.33. The number of hydrogen-bond donors (Lipinski definition) is 1. The largest absolute Gasteiger partial charge is 0.458 e. The molecular weight excluding hydrogens is 270 g/mol. The zero-order chi connectivity index (χ0) is 14.1. The summed E-state index contributed by atoms with van der Waals surface area (Å²) in [6.07, 6.45) is 0.836. The molecule has 0 spiro atoms. The Bertz CT molecular complexity index is 733. The van der Waals surface area contributed by atoms with Gasteiger partial charge < -0.3 is 10.2 Å². The van der Waals surface area contributed by atoms with Crippen molar-refractivity contribution >= 4 is 22.6 Å². The SMILES string of the molecule is CCC(N)c1cc2cc(-c3ccccc3)cc(Cl)c2o1. The van der Waals surface area contributed by atoms with E-state index in [1.807, 2.05) is 37.3 Å². The molecule has 3 heteroatoms. The predicted octanol–water partition coefficient (Wildman–Crippen LogP) is 5.16. The van der Waals surface area contributed by atoms with Crippen LogP contribution in [-0.4, -0.2) is 0 Å². The van der Waals surface area contributed by atoms with Crippen molar-refractivity contribution in [3.05, 3.63) is 59.3 Å². The van der Waals surface area contributed by atoms with Crippen LogP contribution in [0.15, 0.2) is 52.9 Å². The Kier molecular flexibility index (Phi) is 3.51. The predicted molar refractivity (Wildman–Crippen MR) is 83.9 cm³/mol. The van der Waals surface area contributed by atoms with Crippen LogP contribution in [0.1, 0.15) is 25.1 Å². The van der Waals surface area contributed by atoms with Crippen molar-refractivity contribution in [1.82, 2.24) is 0 Å². The molecule has 1 heterocycles. The summed E-state index contributed by atoms with van der Waals surface area (Å²) >= 11 is 6.34. The summed E-state index contributed by atoms with van der Waals surface area (Å²) in [6.45, 7) is 2.04. The van der Waals surface area contributed by atoms with Gasteiger partial charge in [0, 0.05) is 5.39 Å². The van der Waals surface area contributed by atoms with Gasteiger partial charge >= 0.3 is 0 Å². The molecule has 0 saturated carbocycles. The molecule has 20 heavy (non-hydrogen) atoms. The molecule has 3 aromatic rings. The van der Waals surface area contributed by atoms with Gasteiger partial charge in [-0.05, 0) is 35.7 Å². The van der Waals surface area contributed by atoms with Crippen LogP contribution < -0.4 is 5.73 Å². The second-order valence-corrected chi connectivity index (χ2v) is 5.31. The summed E-state index contributed by atoms with van der Waals surface area (Å²) in [5.41, 5.74) is 8.96. The van der Waals surface area contributed by atoms with Crippen molar-refractivity contribution < 1.29 is 4.42 Å². The van der Waals surface area contributed by atoms with E-state index in [9.17, 15) is 0 Å². The van der Waals surface area contributed by atoms with Crippen molar-refractivity contribution in [2.45, 2.75) is 19.4 Å². The number of halogens is 1. The molecule has 0 saturated heterocycles. The van der Waals surface area contributed by atoms with E-state index >= 15 is 0 Å². The van der Waals surface area contributed by atoms with Crippen LogP contribution in [0.2, 0.25) is 5.02 Å². The maximum Gasteiger partial charge on any atom is 0.152 e. The molecule has 2 nitrogen and oxygen atoms in total. The maximum atomic E-state index is 6.34. The van der Waals surface area contributed by atoms with E-state index in [1.165, 1.54) is 0 Å². The van der Waals surface area contributed by atoms with Gasteiger partial charge in [0.1, 0.15) is 5.76 Å². The van der Waals surface area contributed by atoms with Gasteiger partial charge in [-0.2, -0.15) is 0 Å². The van der Waals surface area contributed by atoms with Gasteiger partial charge in [0.15, 0.2) is 5.58 Å². The molecule has 0 amide bonds. The fourth-order valence-electron chi connectivity index (χ4n) is 2.31. The van der Waals surface area contributed by atoms with Crippen molar-refractivity contribution in [3.63, 3.8) is 0 Å². The molecule has 3 rings (SSSR count). The third-order valence-electron chi connectivity index (χ3n) is 3.50. The van der Waals surface area contributed by atoms with E-state index in [-0.39, 0.29) is 6.04 Å². The lowest BCUT2D eigenvalue weighted by Crippen LogP contribution is -2.06. The number of nitrogens with two attached hydrogens (primary N) is 1. The summed E-state index contributed by atoms with van der Waals surface area (Å²) < 4.78 is 5.79. The fraction of sp³-hybridized carbons (Fsp3) is 0.176. The van der Waals surface area contributed by atoms with Crippen LogP contribution in [0, 0.1) is 0 Å². The number of furan rings is 1. The molecule has 0 bridgehead atoms. The minimum atomic E-state index is -0.0846. The van der Waals surface area contributed by atoms with Crippen LogP contribution in [0.4, 0.5) is 0 Å². The summed E-state index contributed by atoms with van der Waals surface area (Å²) in [5, 5.41) is 1.62. The van der Waals surface area contributed by atoms with Crippen molar-refractivity contribution in [3.8, 4) is 11.1 Å². The molecular formula is C17H16ClNO. The van der Waals surface area contributed by atoms with Gasteiger partial charge in [0.25, 0.3) is 0 Å². The Labute approximate surface area is 123 Å². The fourth-order valence-corrected chi connectivity index (χ4v) is 2.58. The Morgan fingerprint density at radius 1 is 1.10 bits per heavy atom. The molecule has 0 aliphatic rings. The summed E-state index contributed by atoms with van der Waals surface area (Å²) in [7, 11) is 0. The molecule has 0 aliphatic heterocycles. The zero-order valence-electron chi connectivity index (χ0n) is 11.3. The van der Waals surface area contributed by atoms with Gasteiger partial charge in [-0.25, -0.2) is 0 Å². The first kappa shape index (κ1) is 13.2. The van der Waals surface area contributed by atoms with Gasteiger partial charge in [-0.1, -0.05) is 48.9 Å². The third-order valence-corrected chi connectivity index (χ3v) is 3.78. The van der Waals surface area contributed by atoms with Crippen molar-refractivity contribution in [1.29, 1.82) is 0 Å². The van der Waals surface area contributed by atoms with E-state index < -0.39 is 0 Å². The van der Waals surface area contributed by atoms with E-state index in [1.54, 1.807) is 0 Å². The monoisotopic (exact) mass is 285 g/mol. The molecule has 1 aromatic heterocycles. The van der Waals surface area contributed by atoms with E-state index in [0.29, 0.717) is 10.6 Å². The van der Waals surface area contributed by atoms with E-state index in [4.69, 9.17) is 21.8 Å². The highest BCUT2D eigenvalue weighted by Gasteiger charge is 2.13. The van der Waals surface area contributed by atoms with Crippen molar-refractivity contribution in [2.24, 2.45) is 5.73 Å². The first-order chi connectivity index (χ1) is 9.69. The minimum absolute atomic E-state index is 0.0846. The van der Waals surface area contributed by atoms with Gasteiger partial charge in [-0.3, -0.25) is 0 Å². The summed E-state index contributed by atoms with van der Waals surface area (Å²) in [6, 6.07) is 16.1. The van der Waals surface area contributed by atoms with E-state index in [2.05, 4.69) is 18.2 Å². The van der Waals surface area contributed by atoms with Gasteiger partial charge in [0.2, 0.25) is 0 Å². The van der Waals surface area contributed by atoms with Gasteiger partial charge in [-0.15, -0.1) is 0 Å². The normalized spacial score (nSPS) is 12.8. The molecule has 102 valence electrons. The van der Waals surface area contributed by atoms with E-state index in [0.717, 1.165) is 28.7 Å². The quantitative estimate of drug-likeness (QED) is 0.721. The van der Waals surface area contributed by atoms with Crippen LogP contribution in [0.5, 0.6) is 0 Å². The lowest BCUT2D eigenvalue weighted by atomic mass is 10.0. The standard InChI is InChI=1S/C17H16ClNO/c1-2-15(19)16-10-13-8-12(9-14(18)17(13)20-16)11-6-4-3-5-7-11/h3-10,15H,2,19H2,1H3. The number of benzene rings is 2. The maximum absolute atomic E-state index is 6.34. The average Bonchev–Trinajstić information content (AvgIpc) is 2.92. The molecule has 0 aliphatic carbocycles. The van der Waals surface area contributed by atoms with Crippen LogP contribution >= 0.6 is 11.6 Å². The highest BCUT2D eigenvalue weighted by Crippen LogP contribution is 2.34. The Morgan fingerprint density at radius 2 is 1.85 bits per heavy atom. The number of hydrogen-bond acceptors (Lipinski definition) is 2. The first-order valence-corrected chi connectivity index (χ1v) is 7.11. The molecule has 2 aromatic carbocycles. The Morgan fingerprint density at radius 3 is 2.55 bits per heavy atom. The Balaban J connectivity index is 2.14. The topological polar surface area (TPSA) is 39.2 Å². The highest BCUT2D eigenvalue weighted by atomic mass is 35.5. The molecule has 2 N–H and O–H groups in total. The second-order valence-electron chi connectivity index (χ2n) is 4.91. The van der Waals surface area contributed by atoms with Crippen LogP contribution in [0.25, 0.3) is 22.1 Å². The Hall–Kier alpha value is -1.77. The molecule has 1 atom stereocenters. The second kappa shape index (κ2) is 5.31. The van der Waals surface area contributed by atoms with Crippen molar-refractivity contribution in [2.75, 3.05) is 0 Å². The number of rotatable bonds is 3. The minimum Gasteiger partial charge on any atom is -0.458 e. The highest BCUT2D eigenvalue weighted by molar-refractivity contribution is 6.35. The molecule has 0 radical (unpaired) electrons. The molecule has 1 unspecified atom stereocenters. The smallest absolute Gasteiger partial charge is 0.152 e. The lowest BCUT2D eigenvalue weighted by molar-refractivity contribution is 0.488. The zero-order valence-corrected chi connectivity index (χ0v) is 12.0. The molecule has 0 fully saturated rings. The summed E-state index contributed by atoms with van der Waals surface area (Å²) in [4.78, 5) is 0. The number of fused-ring (bicyclic) bond motifs is 1.